The topological polar surface area (TPSA) is 53.1 Å². The second-order valence-corrected chi connectivity index (χ2v) is 4.98. The molecule has 2 N–H and O–H groups in total. The summed E-state index contributed by atoms with van der Waals surface area (Å²) in [5.41, 5.74) is 8.56. The number of nitrogens with zero attached hydrogens (tertiary/aromatic N) is 2. The van der Waals surface area contributed by atoms with Gasteiger partial charge >= 0.3 is 0 Å². The zero-order valence-corrected chi connectivity index (χ0v) is 10.9. The second-order valence-electron chi connectivity index (χ2n) is 4.98. The highest BCUT2D eigenvalue weighted by molar-refractivity contribution is 5.19. The third-order valence-corrected chi connectivity index (χ3v) is 3.74. The van der Waals surface area contributed by atoms with Crippen molar-refractivity contribution >= 4 is 0 Å². The normalized spacial score (nSPS) is 21.9. The SMILES string of the molecule is Cc1c(C(N)CCCC2CCCO2)cnn1C. The fourth-order valence-corrected chi connectivity index (χ4v) is 2.47. The summed E-state index contributed by atoms with van der Waals surface area (Å²) in [5.74, 6) is 0. The Bertz CT molecular complexity index is 356. The van der Waals surface area contributed by atoms with Gasteiger partial charge < -0.3 is 10.5 Å². The summed E-state index contributed by atoms with van der Waals surface area (Å²) in [4.78, 5) is 0. The van der Waals surface area contributed by atoms with Crippen molar-refractivity contribution < 1.29 is 4.74 Å². The van der Waals surface area contributed by atoms with Crippen molar-refractivity contribution in [3.63, 3.8) is 0 Å². The first-order chi connectivity index (χ1) is 8.18. The van der Waals surface area contributed by atoms with Gasteiger partial charge in [-0.3, -0.25) is 4.68 Å². The molecule has 2 unspecified atom stereocenters. The molecule has 17 heavy (non-hydrogen) atoms. The van der Waals surface area contributed by atoms with Gasteiger partial charge in [-0.2, -0.15) is 5.10 Å². The quantitative estimate of drug-likeness (QED) is 0.853. The van der Waals surface area contributed by atoms with Crippen molar-refractivity contribution in [1.82, 2.24) is 9.78 Å². The minimum atomic E-state index is 0.116. The first-order valence-corrected chi connectivity index (χ1v) is 6.54. The van der Waals surface area contributed by atoms with Crippen LogP contribution in [0, 0.1) is 6.92 Å². The summed E-state index contributed by atoms with van der Waals surface area (Å²) in [6, 6.07) is 0.116. The molecule has 1 aliphatic rings. The van der Waals surface area contributed by atoms with E-state index in [0.717, 1.165) is 25.9 Å². The average molecular weight is 237 g/mol. The van der Waals surface area contributed by atoms with Crippen LogP contribution in [-0.4, -0.2) is 22.5 Å². The van der Waals surface area contributed by atoms with Crippen molar-refractivity contribution in [2.75, 3.05) is 6.61 Å². The standard InChI is InChI=1S/C13H23N3O/c1-10-12(9-15-16(10)2)13(14)7-3-5-11-6-4-8-17-11/h9,11,13H,3-8,14H2,1-2H3. The molecule has 4 heteroatoms. The van der Waals surface area contributed by atoms with Gasteiger partial charge in [-0.15, -0.1) is 0 Å². The van der Waals surface area contributed by atoms with Gasteiger partial charge in [0.15, 0.2) is 0 Å². The Labute approximate surface area is 103 Å². The van der Waals surface area contributed by atoms with Crippen molar-refractivity contribution in [3.8, 4) is 0 Å². The van der Waals surface area contributed by atoms with Crippen LogP contribution in [0.3, 0.4) is 0 Å². The smallest absolute Gasteiger partial charge is 0.0576 e. The highest BCUT2D eigenvalue weighted by Crippen LogP contribution is 2.23. The Morgan fingerprint density at radius 2 is 2.47 bits per heavy atom. The van der Waals surface area contributed by atoms with Gasteiger partial charge in [-0.25, -0.2) is 0 Å². The largest absolute Gasteiger partial charge is 0.378 e. The molecule has 96 valence electrons. The van der Waals surface area contributed by atoms with E-state index in [1.165, 1.54) is 24.1 Å². The van der Waals surface area contributed by atoms with E-state index in [1.807, 2.05) is 17.9 Å². The Balaban J connectivity index is 1.76. The zero-order chi connectivity index (χ0) is 12.3. The fraction of sp³-hybridized carbons (Fsp3) is 0.769. The van der Waals surface area contributed by atoms with Crippen LogP contribution in [0.25, 0.3) is 0 Å². The number of ether oxygens (including phenoxy) is 1. The highest BCUT2D eigenvalue weighted by Gasteiger charge is 2.17. The molecule has 0 spiro atoms. The van der Waals surface area contributed by atoms with Crippen LogP contribution in [0.4, 0.5) is 0 Å². The molecule has 0 aromatic carbocycles. The molecule has 1 fully saturated rings. The second kappa shape index (κ2) is 5.65. The van der Waals surface area contributed by atoms with Crippen LogP contribution >= 0.6 is 0 Å². The Kier molecular flexibility index (Phi) is 4.18. The van der Waals surface area contributed by atoms with Crippen molar-refractivity contribution in [1.29, 1.82) is 0 Å². The van der Waals surface area contributed by atoms with Crippen LogP contribution in [0.15, 0.2) is 6.20 Å². The lowest BCUT2D eigenvalue weighted by atomic mass is 10.0. The summed E-state index contributed by atoms with van der Waals surface area (Å²) >= 11 is 0. The van der Waals surface area contributed by atoms with E-state index in [1.54, 1.807) is 0 Å². The van der Waals surface area contributed by atoms with E-state index < -0.39 is 0 Å². The molecule has 0 radical (unpaired) electrons. The average Bonchev–Trinajstić information content (AvgIpc) is 2.91. The summed E-state index contributed by atoms with van der Waals surface area (Å²) in [6.07, 6.45) is 8.13. The van der Waals surface area contributed by atoms with E-state index in [0.29, 0.717) is 6.10 Å². The van der Waals surface area contributed by atoms with Crippen LogP contribution < -0.4 is 5.73 Å². The molecule has 1 aromatic rings. The van der Waals surface area contributed by atoms with Gasteiger partial charge in [0.25, 0.3) is 0 Å². The third-order valence-electron chi connectivity index (χ3n) is 3.74. The molecular weight excluding hydrogens is 214 g/mol. The van der Waals surface area contributed by atoms with E-state index >= 15 is 0 Å². The van der Waals surface area contributed by atoms with Crippen LogP contribution in [0.5, 0.6) is 0 Å². The van der Waals surface area contributed by atoms with Crippen LogP contribution in [0.1, 0.15) is 49.4 Å². The van der Waals surface area contributed by atoms with Gasteiger partial charge in [-0.1, -0.05) is 0 Å². The lowest BCUT2D eigenvalue weighted by molar-refractivity contribution is 0.101. The summed E-state index contributed by atoms with van der Waals surface area (Å²) in [7, 11) is 1.96. The molecule has 0 amide bonds. The van der Waals surface area contributed by atoms with Gasteiger partial charge in [-0.05, 0) is 39.0 Å². The first kappa shape index (κ1) is 12.6. The number of hydrogen-bond acceptors (Lipinski definition) is 3. The molecule has 0 bridgehead atoms. The third kappa shape index (κ3) is 3.07. The maximum Gasteiger partial charge on any atom is 0.0576 e. The summed E-state index contributed by atoms with van der Waals surface area (Å²) in [6.45, 7) is 3.01. The fourth-order valence-electron chi connectivity index (χ4n) is 2.47. The maximum absolute atomic E-state index is 6.20. The molecule has 2 rings (SSSR count). The van der Waals surface area contributed by atoms with Crippen molar-refractivity contribution in [2.45, 2.75) is 51.2 Å². The van der Waals surface area contributed by atoms with E-state index in [2.05, 4.69) is 12.0 Å². The predicted octanol–water partition coefficient (Wildman–Crippen LogP) is 2.08. The van der Waals surface area contributed by atoms with E-state index in [4.69, 9.17) is 10.5 Å². The van der Waals surface area contributed by atoms with Crippen molar-refractivity contribution in [3.05, 3.63) is 17.5 Å². The number of aryl methyl sites for hydroxylation is 1. The summed E-state index contributed by atoms with van der Waals surface area (Å²) < 4.78 is 7.50. The number of aromatic nitrogens is 2. The Morgan fingerprint density at radius 1 is 1.65 bits per heavy atom. The highest BCUT2D eigenvalue weighted by atomic mass is 16.5. The molecule has 1 aliphatic heterocycles. The molecule has 0 saturated carbocycles. The van der Waals surface area contributed by atoms with Crippen molar-refractivity contribution in [2.24, 2.45) is 12.8 Å². The maximum atomic E-state index is 6.20. The first-order valence-electron chi connectivity index (χ1n) is 6.54. The monoisotopic (exact) mass is 237 g/mol. The minimum absolute atomic E-state index is 0.116. The summed E-state index contributed by atoms with van der Waals surface area (Å²) in [5, 5.41) is 4.23. The Morgan fingerprint density at radius 3 is 3.06 bits per heavy atom. The minimum Gasteiger partial charge on any atom is -0.378 e. The predicted molar refractivity (Wildman–Crippen MR) is 67.7 cm³/mol. The Hall–Kier alpha value is -0.870. The van der Waals surface area contributed by atoms with Gasteiger partial charge in [0.2, 0.25) is 0 Å². The number of rotatable bonds is 5. The molecule has 4 nitrogen and oxygen atoms in total. The van der Waals surface area contributed by atoms with Gasteiger partial charge in [0, 0.05) is 31.0 Å². The molecule has 0 aliphatic carbocycles. The van der Waals surface area contributed by atoms with Crippen LogP contribution in [0.2, 0.25) is 0 Å². The lowest BCUT2D eigenvalue weighted by Gasteiger charge is -2.13. The van der Waals surface area contributed by atoms with Gasteiger partial charge in [0.05, 0.1) is 12.3 Å². The number of hydrogen-bond donors (Lipinski definition) is 1. The molecule has 1 aromatic heterocycles. The lowest BCUT2D eigenvalue weighted by Crippen LogP contribution is -2.13. The van der Waals surface area contributed by atoms with Crippen LogP contribution in [-0.2, 0) is 11.8 Å². The number of nitrogens with two attached hydrogens (primary N) is 1. The van der Waals surface area contributed by atoms with E-state index in [9.17, 15) is 0 Å². The molecule has 1 saturated heterocycles. The molecule has 2 heterocycles. The van der Waals surface area contributed by atoms with Gasteiger partial charge in [0.1, 0.15) is 0 Å². The zero-order valence-electron chi connectivity index (χ0n) is 10.9. The van der Waals surface area contributed by atoms with E-state index in [-0.39, 0.29) is 6.04 Å². The molecule has 2 atom stereocenters. The molecular formula is C13H23N3O.